The molecule has 226 valence electrons. The van der Waals surface area contributed by atoms with Crippen LogP contribution in [0.4, 0.5) is 17.5 Å². The van der Waals surface area contributed by atoms with Gasteiger partial charge in [0.05, 0.1) is 43.1 Å². The third-order valence-corrected chi connectivity index (χ3v) is 10.1. The van der Waals surface area contributed by atoms with Crippen molar-refractivity contribution in [3.63, 3.8) is 0 Å². The number of sulfonamides is 1. The van der Waals surface area contributed by atoms with E-state index >= 15 is 0 Å². The maximum absolute atomic E-state index is 13.3. The molecule has 3 N–H and O–H groups in total. The molecule has 2 aromatic rings. The Morgan fingerprint density at radius 3 is 2.40 bits per heavy atom. The van der Waals surface area contributed by atoms with E-state index in [0.717, 1.165) is 47.8 Å². The summed E-state index contributed by atoms with van der Waals surface area (Å²) in [5, 5.41) is 3.04. The molecule has 13 nitrogen and oxygen atoms in total. The molecule has 6 rings (SSSR count). The summed E-state index contributed by atoms with van der Waals surface area (Å²) in [7, 11) is -1.98. The van der Waals surface area contributed by atoms with E-state index in [1.54, 1.807) is 19.2 Å². The molecule has 0 saturated carbocycles. The fourth-order valence-electron chi connectivity index (χ4n) is 5.70. The van der Waals surface area contributed by atoms with Gasteiger partial charge in [0.2, 0.25) is 16.0 Å². The van der Waals surface area contributed by atoms with E-state index in [2.05, 4.69) is 25.0 Å². The first-order valence-electron chi connectivity index (χ1n) is 14.5. The molecule has 0 aliphatic carbocycles. The molecule has 1 unspecified atom stereocenters. The first kappa shape index (κ1) is 28.8. The Labute approximate surface area is 247 Å². The van der Waals surface area contributed by atoms with Crippen LogP contribution in [-0.2, 0) is 25.9 Å². The molecule has 4 aliphatic rings. The third kappa shape index (κ3) is 5.81. The number of ether oxygens (including phenoxy) is 2. The van der Waals surface area contributed by atoms with E-state index in [1.165, 1.54) is 4.31 Å². The average Bonchev–Trinajstić information content (AvgIpc) is 3.45. The van der Waals surface area contributed by atoms with Gasteiger partial charge in [0.15, 0.2) is 5.96 Å². The fraction of sp³-hybridized carbons (Fsp3) is 0.536. The first-order chi connectivity index (χ1) is 20.3. The Hall–Kier alpha value is -3.30. The van der Waals surface area contributed by atoms with Crippen molar-refractivity contribution in [2.75, 3.05) is 89.1 Å². The normalized spacial score (nSPS) is 21.6. The van der Waals surface area contributed by atoms with Crippen LogP contribution in [0.5, 0.6) is 0 Å². The number of aromatic nitrogens is 2. The standard InChI is InChI=1S/C28H39N9O4S/c1-20-24(19-30-27(29)31-20)25-23-7-8-37(26(23)33-28(32-25)36-13-17-41-18-14-36)21-3-5-22(6-4-21)42(38,39)34(2)9-10-35-11-15-40-16-12-35/h3-6,19-20H,7-18H2,1-2H3,(H3,29,30,31). The van der Waals surface area contributed by atoms with Crippen molar-refractivity contribution in [2.45, 2.75) is 24.3 Å². The monoisotopic (exact) mass is 597 g/mol. The van der Waals surface area contributed by atoms with E-state index in [4.69, 9.17) is 25.2 Å². The minimum Gasteiger partial charge on any atom is -0.379 e. The van der Waals surface area contributed by atoms with Gasteiger partial charge < -0.3 is 30.3 Å². The molecule has 1 aromatic heterocycles. The molecule has 0 radical (unpaired) electrons. The number of nitrogens with one attached hydrogen (secondary N) is 1. The quantitative estimate of drug-likeness (QED) is 0.442. The summed E-state index contributed by atoms with van der Waals surface area (Å²) in [6.07, 6.45) is 2.64. The van der Waals surface area contributed by atoms with Crippen molar-refractivity contribution in [2.24, 2.45) is 10.7 Å². The summed E-state index contributed by atoms with van der Waals surface area (Å²) in [4.78, 5) is 21.4. The number of fused-ring (bicyclic) bond motifs is 1. The van der Waals surface area contributed by atoms with E-state index in [0.29, 0.717) is 71.1 Å². The topological polar surface area (TPSA) is 142 Å². The number of likely N-dealkylation sites (N-methyl/N-ethyl adjacent to an activating group) is 1. The van der Waals surface area contributed by atoms with E-state index in [9.17, 15) is 8.42 Å². The summed E-state index contributed by atoms with van der Waals surface area (Å²) < 4.78 is 39.0. The smallest absolute Gasteiger partial charge is 0.242 e. The van der Waals surface area contributed by atoms with Crippen LogP contribution in [0.25, 0.3) is 5.57 Å². The molecule has 2 saturated heterocycles. The van der Waals surface area contributed by atoms with Crippen molar-refractivity contribution in [3.05, 3.63) is 41.7 Å². The van der Waals surface area contributed by atoms with Crippen molar-refractivity contribution < 1.29 is 17.9 Å². The zero-order valence-electron chi connectivity index (χ0n) is 24.2. The molecular weight excluding hydrogens is 558 g/mol. The van der Waals surface area contributed by atoms with Crippen molar-refractivity contribution in [3.8, 4) is 0 Å². The number of guanidine groups is 1. The molecule has 0 spiro atoms. The second-order valence-electron chi connectivity index (χ2n) is 10.9. The third-order valence-electron chi connectivity index (χ3n) is 8.23. The molecule has 0 bridgehead atoms. The predicted molar refractivity (Wildman–Crippen MR) is 161 cm³/mol. The zero-order chi connectivity index (χ0) is 29.3. The summed E-state index contributed by atoms with van der Waals surface area (Å²) in [6, 6.07) is 6.95. The van der Waals surface area contributed by atoms with Crippen molar-refractivity contribution in [1.29, 1.82) is 0 Å². The lowest BCUT2D eigenvalue weighted by Gasteiger charge is -2.29. The van der Waals surface area contributed by atoms with Crippen LogP contribution in [0.3, 0.4) is 0 Å². The number of nitrogens with zero attached hydrogens (tertiary/aromatic N) is 7. The summed E-state index contributed by atoms with van der Waals surface area (Å²) in [6.45, 7) is 9.51. The maximum atomic E-state index is 13.3. The number of rotatable bonds is 8. The van der Waals surface area contributed by atoms with Gasteiger partial charge in [-0.15, -0.1) is 0 Å². The highest BCUT2D eigenvalue weighted by Crippen LogP contribution is 2.39. The number of hydrogen-bond donors (Lipinski definition) is 2. The van der Waals surface area contributed by atoms with Crippen LogP contribution >= 0.6 is 0 Å². The van der Waals surface area contributed by atoms with Gasteiger partial charge in [-0.1, -0.05) is 0 Å². The number of nitrogens with two attached hydrogens (primary N) is 1. The fourth-order valence-corrected chi connectivity index (χ4v) is 6.86. The van der Waals surface area contributed by atoms with E-state index < -0.39 is 10.0 Å². The number of benzene rings is 1. The Morgan fingerprint density at radius 1 is 1.02 bits per heavy atom. The average molecular weight is 598 g/mol. The van der Waals surface area contributed by atoms with Crippen LogP contribution in [0.15, 0.2) is 40.4 Å². The molecule has 0 amide bonds. The lowest BCUT2D eigenvalue weighted by atomic mass is 10.0. The largest absolute Gasteiger partial charge is 0.379 e. The second-order valence-corrected chi connectivity index (χ2v) is 12.9. The molecule has 1 aromatic carbocycles. The molecule has 14 heteroatoms. The van der Waals surface area contributed by atoms with Gasteiger partial charge in [0.1, 0.15) is 5.82 Å². The van der Waals surface area contributed by atoms with Crippen LogP contribution in [0.1, 0.15) is 18.2 Å². The number of morpholine rings is 2. The molecule has 1 atom stereocenters. The lowest BCUT2D eigenvalue weighted by Crippen LogP contribution is -2.41. The minimum atomic E-state index is -3.62. The van der Waals surface area contributed by atoms with Gasteiger partial charge >= 0.3 is 0 Å². The van der Waals surface area contributed by atoms with Crippen molar-refractivity contribution in [1.82, 2.24) is 24.5 Å². The highest BCUT2D eigenvalue weighted by Gasteiger charge is 2.32. The van der Waals surface area contributed by atoms with Gasteiger partial charge in [-0.2, -0.15) is 9.29 Å². The summed E-state index contributed by atoms with van der Waals surface area (Å²) in [5.74, 6) is 1.86. The summed E-state index contributed by atoms with van der Waals surface area (Å²) in [5.41, 5.74) is 9.66. The zero-order valence-corrected chi connectivity index (χ0v) is 25.0. The van der Waals surface area contributed by atoms with Gasteiger partial charge in [0.25, 0.3) is 0 Å². The number of aliphatic imine (C=N–C) groups is 1. The van der Waals surface area contributed by atoms with Gasteiger partial charge in [-0.25, -0.2) is 18.4 Å². The van der Waals surface area contributed by atoms with Crippen molar-refractivity contribution >= 4 is 39.0 Å². The van der Waals surface area contributed by atoms with Gasteiger partial charge in [0, 0.05) is 75.9 Å². The SMILES string of the molecule is CC1N=C(N)NC=C1c1nc(N2CCOCC2)nc2c1CCN2c1ccc(S(=O)(=O)N(C)CCN2CCOCC2)cc1. The minimum absolute atomic E-state index is 0.151. The highest BCUT2D eigenvalue weighted by atomic mass is 32.2. The number of hydrogen-bond acceptors (Lipinski definition) is 12. The summed E-state index contributed by atoms with van der Waals surface area (Å²) >= 11 is 0. The molecule has 42 heavy (non-hydrogen) atoms. The van der Waals surface area contributed by atoms with E-state index in [1.807, 2.05) is 25.3 Å². The van der Waals surface area contributed by atoms with Crippen LogP contribution in [-0.4, -0.2) is 119 Å². The van der Waals surface area contributed by atoms with Gasteiger partial charge in [-0.3, -0.25) is 4.90 Å². The Balaban J connectivity index is 1.26. The Bertz CT molecular complexity index is 1450. The Kier molecular flexibility index (Phi) is 8.32. The van der Waals surface area contributed by atoms with Crippen LogP contribution < -0.4 is 20.9 Å². The lowest BCUT2D eigenvalue weighted by molar-refractivity contribution is 0.0368. The molecule has 4 aliphatic heterocycles. The number of anilines is 3. The Morgan fingerprint density at radius 2 is 1.71 bits per heavy atom. The molecule has 2 fully saturated rings. The first-order valence-corrected chi connectivity index (χ1v) is 15.9. The highest BCUT2D eigenvalue weighted by molar-refractivity contribution is 7.89. The van der Waals surface area contributed by atoms with E-state index in [-0.39, 0.29) is 10.9 Å². The second kappa shape index (κ2) is 12.1. The van der Waals surface area contributed by atoms with Gasteiger partial charge in [-0.05, 0) is 37.6 Å². The maximum Gasteiger partial charge on any atom is 0.242 e. The molecular formula is C28H39N9O4S. The molecule has 5 heterocycles. The van der Waals surface area contributed by atoms with Crippen LogP contribution in [0.2, 0.25) is 0 Å². The predicted octanol–water partition coefficient (Wildman–Crippen LogP) is 0.607. The van der Waals surface area contributed by atoms with Crippen LogP contribution in [0, 0.1) is 0 Å².